The van der Waals surface area contributed by atoms with Crippen molar-refractivity contribution in [2.24, 2.45) is 11.3 Å². The molecule has 0 aromatic carbocycles. The summed E-state index contributed by atoms with van der Waals surface area (Å²) < 4.78 is 0. The van der Waals surface area contributed by atoms with E-state index in [1.807, 2.05) is 20.8 Å². The molecule has 0 bridgehead atoms. The van der Waals surface area contributed by atoms with Crippen molar-refractivity contribution in [1.29, 1.82) is 0 Å². The number of carboxylic acids is 2. The van der Waals surface area contributed by atoms with Gasteiger partial charge in [0.25, 0.3) is 0 Å². The molecule has 0 heterocycles. The van der Waals surface area contributed by atoms with E-state index in [1.54, 1.807) is 0 Å². The van der Waals surface area contributed by atoms with Crippen LogP contribution in [-0.2, 0) is 9.59 Å². The maximum Gasteiger partial charge on any atom is 0.330 e. The Bertz CT molecular complexity index is 359. The molecule has 0 saturated heterocycles. The van der Waals surface area contributed by atoms with Crippen molar-refractivity contribution in [3.05, 3.63) is 24.3 Å². The van der Waals surface area contributed by atoms with Crippen molar-refractivity contribution in [2.45, 2.75) is 53.9 Å². The second-order valence-electron chi connectivity index (χ2n) is 6.49. The first-order valence-corrected chi connectivity index (χ1v) is 6.69. The lowest BCUT2D eigenvalue weighted by Crippen LogP contribution is -2.10. The summed E-state index contributed by atoms with van der Waals surface area (Å²) in [6.45, 7) is 17.0. The van der Waals surface area contributed by atoms with Gasteiger partial charge in [-0.15, -0.1) is 0 Å². The lowest BCUT2D eigenvalue weighted by atomic mass is 9.88. The Labute approximate surface area is 122 Å². The molecule has 0 fully saturated rings. The lowest BCUT2D eigenvalue weighted by molar-refractivity contribution is -0.133. The van der Waals surface area contributed by atoms with Gasteiger partial charge >= 0.3 is 11.9 Å². The molecule has 0 aliphatic rings. The summed E-state index contributed by atoms with van der Waals surface area (Å²) >= 11 is 0. The molecule has 20 heavy (non-hydrogen) atoms. The van der Waals surface area contributed by atoms with Crippen LogP contribution in [0.5, 0.6) is 0 Å². The van der Waals surface area contributed by atoms with Gasteiger partial charge in [-0.25, -0.2) is 9.59 Å². The van der Waals surface area contributed by atoms with Gasteiger partial charge in [0.15, 0.2) is 0 Å². The number of hydrogen-bond donors (Lipinski definition) is 2. The summed E-state index contributed by atoms with van der Waals surface area (Å²) in [5, 5.41) is 16.8. The van der Waals surface area contributed by atoms with E-state index in [2.05, 4.69) is 27.0 Å². The van der Waals surface area contributed by atoms with E-state index in [9.17, 15) is 9.59 Å². The van der Waals surface area contributed by atoms with Crippen LogP contribution in [-0.4, -0.2) is 22.2 Å². The molecule has 0 aliphatic heterocycles. The SMILES string of the molecule is C=C(CC(C)(C)C)C(=O)O.C=C(CCC(C)C)C(=O)O. The maximum atomic E-state index is 10.3. The van der Waals surface area contributed by atoms with E-state index in [1.165, 1.54) is 0 Å². The number of carboxylic acid groups (broad SMARTS) is 2. The van der Waals surface area contributed by atoms with Crippen molar-refractivity contribution in [2.75, 3.05) is 0 Å². The van der Waals surface area contributed by atoms with Crippen LogP contribution >= 0.6 is 0 Å². The van der Waals surface area contributed by atoms with Gasteiger partial charge in [-0.1, -0.05) is 47.8 Å². The average Bonchev–Trinajstić information content (AvgIpc) is 2.23. The summed E-state index contributed by atoms with van der Waals surface area (Å²) in [6, 6.07) is 0. The molecular formula is C16H28O4. The van der Waals surface area contributed by atoms with Crippen LogP contribution < -0.4 is 0 Å². The summed E-state index contributed by atoms with van der Waals surface area (Å²) in [5.41, 5.74) is 0.622. The van der Waals surface area contributed by atoms with Crippen LogP contribution in [0.25, 0.3) is 0 Å². The number of hydrogen-bond acceptors (Lipinski definition) is 2. The largest absolute Gasteiger partial charge is 0.478 e. The van der Waals surface area contributed by atoms with E-state index in [-0.39, 0.29) is 11.0 Å². The summed E-state index contributed by atoms with van der Waals surface area (Å²) in [5.74, 6) is -1.22. The molecule has 0 spiro atoms. The normalized spacial score (nSPS) is 10.5. The highest BCUT2D eigenvalue weighted by atomic mass is 16.4. The quantitative estimate of drug-likeness (QED) is 0.719. The highest BCUT2D eigenvalue weighted by Gasteiger charge is 2.15. The molecule has 0 radical (unpaired) electrons. The molecule has 0 rings (SSSR count). The van der Waals surface area contributed by atoms with E-state index in [0.717, 1.165) is 6.42 Å². The molecule has 4 nitrogen and oxygen atoms in total. The Morgan fingerprint density at radius 1 is 1.00 bits per heavy atom. The third kappa shape index (κ3) is 14.5. The van der Waals surface area contributed by atoms with Crippen LogP contribution in [0.2, 0.25) is 0 Å². The molecule has 0 amide bonds. The minimum absolute atomic E-state index is 0.0233. The van der Waals surface area contributed by atoms with Crippen LogP contribution in [0.15, 0.2) is 24.3 Å². The van der Waals surface area contributed by atoms with E-state index < -0.39 is 11.9 Å². The molecule has 2 N–H and O–H groups in total. The summed E-state index contributed by atoms with van der Waals surface area (Å²) in [6.07, 6.45) is 2.06. The maximum absolute atomic E-state index is 10.3. The molecule has 0 aromatic heterocycles. The van der Waals surface area contributed by atoms with Gasteiger partial charge in [0, 0.05) is 11.1 Å². The topological polar surface area (TPSA) is 74.6 Å². The Morgan fingerprint density at radius 2 is 1.40 bits per heavy atom. The number of rotatable bonds is 6. The zero-order valence-electron chi connectivity index (χ0n) is 13.3. The zero-order valence-corrected chi connectivity index (χ0v) is 13.3. The van der Waals surface area contributed by atoms with Crippen LogP contribution in [0, 0.1) is 11.3 Å². The van der Waals surface area contributed by atoms with Gasteiger partial charge in [0.2, 0.25) is 0 Å². The monoisotopic (exact) mass is 284 g/mol. The highest BCUT2D eigenvalue weighted by Crippen LogP contribution is 2.22. The molecule has 0 atom stereocenters. The highest BCUT2D eigenvalue weighted by molar-refractivity contribution is 5.86. The fourth-order valence-electron chi connectivity index (χ4n) is 1.29. The van der Waals surface area contributed by atoms with Crippen molar-refractivity contribution >= 4 is 11.9 Å². The molecular weight excluding hydrogens is 256 g/mol. The van der Waals surface area contributed by atoms with Crippen LogP contribution in [0.4, 0.5) is 0 Å². The zero-order chi connectivity index (χ0) is 16.5. The first-order chi connectivity index (χ1) is 8.86. The second kappa shape index (κ2) is 9.34. The minimum atomic E-state index is -0.894. The smallest absolute Gasteiger partial charge is 0.330 e. The fraction of sp³-hybridized carbons (Fsp3) is 0.625. The third-order valence-electron chi connectivity index (χ3n) is 2.37. The Morgan fingerprint density at radius 3 is 1.60 bits per heavy atom. The number of carbonyl (C=O) groups is 2. The molecule has 0 unspecified atom stereocenters. The standard InChI is InChI=1S/2C8H14O2/c1-6(7(9)10)5-8(2,3)4;1-6(2)4-5-7(3)8(9)10/h1,5H2,2-4H3,(H,9,10);6H,3-5H2,1-2H3,(H,9,10). The van der Waals surface area contributed by atoms with E-state index >= 15 is 0 Å². The van der Waals surface area contributed by atoms with Gasteiger partial charge in [-0.2, -0.15) is 0 Å². The molecule has 116 valence electrons. The number of aliphatic carboxylic acids is 2. The second-order valence-corrected chi connectivity index (χ2v) is 6.49. The lowest BCUT2D eigenvalue weighted by Gasteiger charge is -2.17. The van der Waals surface area contributed by atoms with Gasteiger partial charge in [0.1, 0.15) is 0 Å². The first-order valence-electron chi connectivity index (χ1n) is 6.69. The van der Waals surface area contributed by atoms with E-state index in [0.29, 0.717) is 24.3 Å². The average molecular weight is 284 g/mol. The van der Waals surface area contributed by atoms with Crippen molar-refractivity contribution in [1.82, 2.24) is 0 Å². The molecule has 4 heteroatoms. The Balaban J connectivity index is 0. The van der Waals surface area contributed by atoms with Gasteiger partial charge in [-0.3, -0.25) is 0 Å². The predicted molar refractivity (Wildman–Crippen MR) is 81.7 cm³/mol. The van der Waals surface area contributed by atoms with E-state index in [4.69, 9.17) is 10.2 Å². The Hall–Kier alpha value is -1.58. The predicted octanol–water partition coefficient (Wildman–Crippen LogP) is 4.13. The third-order valence-corrected chi connectivity index (χ3v) is 2.37. The summed E-state index contributed by atoms with van der Waals surface area (Å²) in [7, 11) is 0. The summed E-state index contributed by atoms with van der Waals surface area (Å²) in [4.78, 5) is 20.5. The van der Waals surface area contributed by atoms with Crippen molar-refractivity contribution in [3.63, 3.8) is 0 Å². The molecule has 0 saturated carbocycles. The first kappa shape index (κ1) is 20.7. The molecule has 0 aromatic rings. The van der Waals surface area contributed by atoms with Crippen molar-refractivity contribution < 1.29 is 19.8 Å². The van der Waals surface area contributed by atoms with Crippen molar-refractivity contribution in [3.8, 4) is 0 Å². The van der Waals surface area contributed by atoms with Gasteiger partial charge in [0.05, 0.1) is 0 Å². The van der Waals surface area contributed by atoms with Gasteiger partial charge < -0.3 is 10.2 Å². The fourth-order valence-corrected chi connectivity index (χ4v) is 1.29. The van der Waals surface area contributed by atoms with Crippen LogP contribution in [0.3, 0.4) is 0 Å². The molecule has 0 aliphatic carbocycles. The van der Waals surface area contributed by atoms with Gasteiger partial charge in [-0.05, 0) is 30.6 Å². The minimum Gasteiger partial charge on any atom is -0.478 e. The Kier molecular flexibility index (Phi) is 9.69. The van der Waals surface area contributed by atoms with Crippen LogP contribution in [0.1, 0.15) is 53.9 Å².